The van der Waals surface area contributed by atoms with E-state index in [1.165, 1.54) is 0 Å². The lowest BCUT2D eigenvalue weighted by atomic mass is 9.84. The first kappa shape index (κ1) is 18.0. The minimum absolute atomic E-state index is 0.0495. The molecule has 1 aromatic carbocycles. The number of carboxylic acids is 1. The number of hydrogen-bond donors (Lipinski definition) is 1. The Labute approximate surface area is 151 Å². The van der Waals surface area contributed by atoms with Crippen LogP contribution in [-0.2, 0) is 14.3 Å². The second-order valence-electron chi connectivity index (χ2n) is 6.51. The van der Waals surface area contributed by atoms with Gasteiger partial charge in [-0.15, -0.1) is 0 Å². The number of aliphatic carboxylic acids is 1. The van der Waals surface area contributed by atoms with Gasteiger partial charge in [0, 0.05) is 19.7 Å². The summed E-state index contributed by atoms with van der Waals surface area (Å²) in [5.74, 6) is -0.598. The van der Waals surface area contributed by atoms with Crippen LogP contribution in [0.1, 0.15) is 19.3 Å². The molecule has 2 saturated heterocycles. The molecule has 2 heterocycles. The zero-order chi connectivity index (χ0) is 17.8. The molecule has 2 fully saturated rings. The summed E-state index contributed by atoms with van der Waals surface area (Å²) in [6.07, 6.45) is 1.86. The number of carbonyl (C=O) groups is 2. The van der Waals surface area contributed by atoms with Gasteiger partial charge in [-0.1, -0.05) is 23.7 Å². The second-order valence-corrected chi connectivity index (χ2v) is 6.91. The predicted octanol–water partition coefficient (Wildman–Crippen LogP) is 2.45. The lowest BCUT2D eigenvalue weighted by molar-refractivity contribution is -0.146. The van der Waals surface area contributed by atoms with E-state index in [1.54, 1.807) is 29.2 Å². The average molecular weight is 368 g/mol. The van der Waals surface area contributed by atoms with Crippen molar-refractivity contribution in [1.29, 1.82) is 0 Å². The number of nitrogens with zero attached hydrogens (tertiary/aromatic N) is 1. The van der Waals surface area contributed by atoms with E-state index in [2.05, 4.69) is 0 Å². The van der Waals surface area contributed by atoms with Crippen LogP contribution in [0.4, 0.5) is 0 Å². The lowest BCUT2D eigenvalue weighted by Crippen LogP contribution is -2.44. The molecule has 136 valence electrons. The Kier molecular flexibility index (Phi) is 5.81. The highest BCUT2D eigenvalue weighted by atomic mass is 35.5. The number of rotatable bonds is 5. The molecule has 2 atom stereocenters. The summed E-state index contributed by atoms with van der Waals surface area (Å²) in [6, 6.07) is 7.05. The molecule has 0 radical (unpaired) electrons. The standard InChI is InChI=1S/C18H22ClNO5/c19-14-3-1-2-4-15(14)25-11-16(21)20-8-5-12(6-9-20)17-13(18(22)23)7-10-24-17/h1-4,12-13,17H,5-11H2,(H,22,23)/t13?,17-/m0/s1. The normalized spacial score (nSPS) is 24.3. The molecule has 0 aromatic heterocycles. The third-order valence-electron chi connectivity index (χ3n) is 5.00. The third-order valence-corrected chi connectivity index (χ3v) is 5.31. The maximum absolute atomic E-state index is 12.3. The minimum atomic E-state index is -0.783. The number of amides is 1. The van der Waals surface area contributed by atoms with E-state index in [0.717, 1.165) is 12.8 Å². The van der Waals surface area contributed by atoms with Crippen LogP contribution in [0.2, 0.25) is 5.02 Å². The number of carboxylic acid groups (broad SMARTS) is 1. The van der Waals surface area contributed by atoms with Crippen molar-refractivity contribution in [1.82, 2.24) is 4.90 Å². The Morgan fingerprint density at radius 3 is 2.64 bits per heavy atom. The molecule has 0 saturated carbocycles. The molecule has 3 rings (SSSR count). The van der Waals surface area contributed by atoms with Crippen molar-refractivity contribution in [3.8, 4) is 5.75 Å². The number of likely N-dealkylation sites (tertiary alicyclic amines) is 1. The van der Waals surface area contributed by atoms with Crippen LogP contribution < -0.4 is 4.74 Å². The lowest BCUT2D eigenvalue weighted by Gasteiger charge is -2.35. The molecule has 1 amide bonds. The molecular formula is C18H22ClNO5. The van der Waals surface area contributed by atoms with Crippen LogP contribution in [0.5, 0.6) is 5.75 Å². The fourth-order valence-corrected chi connectivity index (χ4v) is 3.80. The monoisotopic (exact) mass is 367 g/mol. The Balaban J connectivity index is 1.48. The fourth-order valence-electron chi connectivity index (χ4n) is 3.61. The van der Waals surface area contributed by atoms with Gasteiger partial charge in [-0.25, -0.2) is 0 Å². The highest BCUT2D eigenvalue weighted by Crippen LogP contribution is 2.33. The molecule has 2 aliphatic heterocycles. The largest absolute Gasteiger partial charge is 0.482 e. The van der Waals surface area contributed by atoms with Crippen molar-refractivity contribution in [2.45, 2.75) is 25.4 Å². The first-order valence-corrected chi connectivity index (χ1v) is 8.93. The van der Waals surface area contributed by atoms with Gasteiger partial charge < -0.3 is 19.5 Å². The van der Waals surface area contributed by atoms with Crippen LogP contribution in [0.15, 0.2) is 24.3 Å². The highest BCUT2D eigenvalue weighted by molar-refractivity contribution is 6.32. The first-order chi connectivity index (χ1) is 12.1. The molecule has 0 aliphatic carbocycles. The van der Waals surface area contributed by atoms with Crippen LogP contribution >= 0.6 is 11.6 Å². The van der Waals surface area contributed by atoms with Gasteiger partial charge in [0.15, 0.2) is 6.61 Å². The van der Waals surface area contributed by atoms with E-state index in [-0.39, 0.29) is 24.5 Å². The molecular weight excluding hydrogens is 346 g/mol. The van der Waals surface area contributed by atoms with Gasteiger partial charge in [0.2, 0.25) is 0 Å². The Bertz CT molecular complexity index is 630. The molecule has 25 heavy (non-hydrogen) atoms. The predicted molar refractivity (Wildman–Crippen MR) is 91.7 cm³/mol. The van der Waals surface area contributed by atoms with Crippen LogP contribution in [0, 0.1) is 11.8 Å². The van der Waals surface area contributed by atoms with E-state index in [9.17, 15) is 14.7 Å². The van der Waals surface area contributed by atoms with E-state index in [0.29, 0.717) is 36.9 Å². The fraction of sp³-hybridized carbons (Fsp3) is 0.556. The average Bonchev–Trinajstić information content (AvgIpc) is 3.11. The van der Waals surface area contributed by atoms with E-state index >= 15 is 0 Å². The summed E-state index contributed by atoms with van der Waals surface area (Å²) in [6.45, 7) is 1.65. The summed E-state index contributed by atoms with van der Waals surface area (Å²) < 4.78 is 11.2. The number of halogens is 1. The Morgan fingerprint density at radius 1 is 1.24 bits per heavy atom. The van der Waals surface area contributed by atoms with Crippen molar-refractivity contribution >= 4 is 23.5 Å². The molecule has 0 bridgehead atoms. The summed E-state index contributed by atoms with van der Waals surface area (Å²) in [4.78, 5) is 25.4. The Morgan fingerprint density at radius 2 is 1.96 bits per heavy atom. The van der Waals surface area contributed by atoms with E-state index < -0.39 is 11.9 Å². The topological polar surface area (TPSA) is 76.1 Å². The quantitative estimate of drug-likeness (QED) is 0.865. The number of ether oxygens (including phenoxy) is 2. The van der Waals surface area contributed by atoms with Gasteiger partial charge in [-0.05, 0) is 37.3 Å². The van der Waals surface area contributed by atoms with Crippen LogP contribution in [-0.4, -0.2) is 54.3 Å². The van der Waals surface area contributed by atoms with Crippen molar-refractivity contribution in [2.75, 3.05) is 26.3 Å². The Hall–Kier alpha value is -1.79. The number of piperidine rings is 1. The summed E-state index contributed by atoms with van der Waals surface area (Å²) in [7, 11) is 0. The second kappa shape index (κ2) is 8.06. The van der Waals surface area contributed by atoms with Gasteiger partial charge in [-0.3, -0.25) is 9.59 Å². The molecule has 2 aliphatic rings. The summed E-state index contributed by atoms with van der Waals surface area (Å²) in [5.41, 5.74) is 0. The number of para-hydroxylation sites is 1. The molecule has 1 unspecified atom stereocenters. The highest BCUT2D eigenvalue weighted by Gasteiger charge is 2.40. The van der Waals surface area contributed by atoms with Gasteiger partial charge in [0.1, 0.15) is 5.75 Å². The van der Waals surface area contributed by atoms with E-state index in [1.807, 2.05) is 0 Å². The maximum atomic E-state index is 12.3. The molecule has 1 aromatic rings. The van der Waals surface area contributed by atoms with Crippen molar-refractivity contribution < 1.29 is 24.2 Å². The molecule has 6 nitrogen and oxygen atoms in total. The van der Waals surface area contributed by atoms with Crippen molar-refractivity contribution in [2.24, 2.45) is 11.8 Å². The summed E-state index contributed by atoms with van der Waals surface area (Å²) in [5, 5.41) is 9.76. The van der Waals surface area contributed by atoms with Crippen LogP contribution in [0.25, 0.3) is 0 Å². The van der Waals surface area contributed by atoms with Crippen molar-refractivity contribution in [3.63, 3.8) is 0 Å². The third kappa shape index (κ3) is 4.25. The number of hydrogen-bond acceptors (Lipinski definition) is 4. The first-order valence-electron chi connectivity index (χ1n) is 8.56. The molecule has 1 N–H and O–H groups in total. The summed E-state index contributed by atoms with van der Waals surface area (Å²) >= 11 is 6.01. The number of carbonyl (C=O) groups excluding carboxylic acids is 1. The van der Waals surface area contributed by atoms with Crippen molar-refractivity contribution in [3.05, 3.63) is 29.3 Å². The smallest absolute Gasteiger partial charge is 0.309 e. The molecule has 0 spiro atoms. The van der Waals surface area contributed by atoms with Gasteiger partial charge in [0.05, 0.1) is 17.0 Å². The van der Waals surface area contributed by atoms with Gasteiger partial charge in [0.25, 0.3) is 5.91 Å². The zero-order valence-corrected chi connectivity index (χ0v) is 14.7. The maximum Gasteiger partial charge on any atom is 0.309 e. The zero-order valence-electron chi connectivity index (χ0n) is 13.9. The van der Waals surface area contributed by atoms with Gasteiger partial charge >= 0.3 is 5.97 Å². The van der Waals surface area contributed by atoms with Gasteiger partial charge in [-0.2, -0.15) is 0 Å². The number of benzene rings is 1. The minimum Gasteiger partial charge on any atom is -0.482 e. The SMILES string of the molecule is O=C(O)C1CCO[C@H]1C1CCN(C(=O)COc2ccccc2Cl)CC1. The molecule has 7 heteroatoms. The van der Waals surface area contributed by atoms with Crippen LogP contribution in [0.3, 0.4) is 0 Å². The van der Waals surface area contributed by atoms with E-state index in [4.69, 9.17) is 21.1 Å².